The molecule has 0 fully saturated rings. The summed E-state index contributed by atoms with van der Waals surface area (Å²) in [4.78, 5) is 5.22. The molecule has 0 radical (unpaired) electrons. The number of benzene rings is 12. The molecule has 0 N–H and O–H groups in total. The van der Waals surface area contributed by atoms with E-state index in [0.29, 0.717) is 0 Å². The molecule has 3 heterocycles. The fraction of sp³-hybridized carbons (Fsp3) is 0.217. The fourth-order valence-corrected chi connectivity index (χ4v) is 17.0. The van der Waals surface area contributed by atoms with E-state index in [4.69, 9.17) is 0 Å². The third-order valence-corrected chi connectivity index (χ3v) is 22.9. The van der Waals surface area contributed by atoms with Gasteiger partial charge in [0.15, 0.2) is 0 Å². The van der Waals surface area contributed by atoms with Gasteiger partial charge in [-0.3, -0.25) is 0 Å². The van der Waals surface area contributed by atoms with Gasteiger partial charge in [-0.25, -0.2) is 0 Å². The van der Waals surface area contributed by atoms with E-state index in [1.807, 2.05) is 0 Å². The van der Waals surface area contributed by atoms with Crippen molar-refractivity contribution in [2.75, 3.05) is 9.80 Å². The number of hydrogen-bond donors (Lipinski definition) is 0. The Kier molecular flexibility index (Phi) is 13.6. The van der Waals surface area contributed by atoms with Gasteiger partial charge in [-0.15, -0.1) is 0 Å². The van der Waals surface area contributed by atoms with Crippen molar-refractivity contribution in [3.8, 4) is 61.3 Å². The molecule has 470 valence electrons. The summed E-state index contributed by atoms with van der Waals surface area (Å²) in [5.74, 6) is 0. The zero-order valence-corrected chi connectivity index (χ0v) is 57.6. The average molecular weight is 1240 g/mol. The molecule has 96 heavy (non-hydrogen) atoms. The first-order valence-corrected chi connectivity index (χ1v) is 35.0. The van der Waals surface area contributed by atoms with Crippen molar-refractivity contribution in [2.45, 2.75) is 129 Å². The summed E-state index contributed by atoms with van der Waals surface area (Å²) in [5, 5.41) is 2.47. The molecule has 2 aliphatic heterocycles. The summed E-state index contributed by atoms with van der Waals surface area (Å²) >= 11 is 0. The van der Waals surface area contributed by atoms with E-state index >= 15 is 0 Å². The van der Waals surface area contributed by atoms with Gasteiger partial charge in [0.2, 0.25) is 0 Å². The molecule has 4 aliphatic rings. The predicted molar refractivity (Wildman–Crippen MR) is 411 cm³/mol. The third kappa shape index (κ3) is 9.75. The largest absolute Gasteiger partial charge is 0.311 e. The monoisotopic (exact) mass is 1240 g/mol. The second-order valence-electron chi connectivity index (χ2n) is 31.8. The lowest BCUT2D eigenvalue weighted by atomic mass is 9.33. The molecule has 2 aliphatic carbocycles. The zero-order valence-electron chi connectivity index (χ0n) is 57.6. The number of hydrogen-bond acceptors (Lipinski definition) is 2. The van der Waals surface area contributed by atoms with Crippen LogP contribution in [0.1, 0.15) is 130 Å². The minimum atomic E-state index is -0.126. The molecule has 3 nitrogen and oxygen atoms in total. The van der Waals surface area contributed by atoms with Crippen LogP contribution >= 0.6 is 0 Å². The molecule has 1 aromatic heterocycles. The minimum Gasteiger partial charge on any atom is -0.311 e. The molecule has 0 bridgehead atoms. The van der Waals surface area contributed by atoms with Crippen molar-refractivity contribution < 1.29 is 0 Å². The first-order valence-electron chi connectivity index (χ1n) is 35.0. The normalized spacial score (nSPS) is 16.2. The molecule has 0 atom stereocenters. The second kappa shape index (κ2) is 21.8. The number of anilines is 6. The molecule has 0 amide bonds. The van der Waals surface area contributed by atoms with E-state index in [0.717, 1.165) is 17.1 Å². The van der Waals surface area contributed by atoms with Crippen LogP contribution in [-0.2, 0) is 27.1 Å². The van der Waals surface area contributed by atoms with E-state index in [-0.39, 0.29) is 33.8 Å². The van der Waals surface area contributed by atoms with Crippen LogP contribution in [-0.4, -0.2) is 11.3 Å². The van der Waals surface area contributed by atoms with Gasteiger partial charge < -0.3 is 14.4 Å². The molecule has 13 aromatic rings. The van der Waals surface area contributed by atoms with Crippen LogP contribution in [0.2, 0.25) is 0 Å². The van der Waals surface area contributed by atoms with Crippen molar-refractivity contribution in [3.05, 3.63) is 289 Å². The van der Waals surface area contributed by atoms with Crippen LogP contribution in [0, 0.1) is 0 Å². The van der Waals surface area contributed by atoms with Crippen LogP contribution in [0.5, 0.6) is 0 Å². The summed E-state index contributed by atoms with van der Waals surface area (Å²) in [6.45, 7) is 26.2. The molecule has 0 spiro atoms. The maximum atomic E-state index is 2.62. The molecule has 0 saturated carbocycles. The van der Waals surface area contributed by atoms with Crippen LogP contribution in [0.25, 0.3) is 83.1 Å². The molecular weight excluding hydrogens is 1160 g/mol. The quantitative estimate of drug-likeness (QED) is 0.141. The zero-order chi connectivity index (χ0) is 65.8. The lowest BCUT2D eigenvalue weighted by molar-refractivity contribution is 0.332. The van der Waals surface area contributed by atoms with Crippen molar-refractivity contribution in [1.82, 2.24) is 4.57 Å². The van der Waals surface area contributed by atoms with E-state index in [1.165, 1.54) is 170 Å². The Morgan fingerprint density at radius 2 is 0.708 bits per heavy atom. The molecular formula is C92H84BN3. The highest BCUT2D eigenvalue weighted by molar-refractivity contribution is 7.00. The SMILES string of the molecule is CC(C)(C)c1ccc(-c2cc3c4c(c2)N(c2ccc(-c5ccc6c(c5)C(C)(C)CCC6(C)C)cc2)c2cc(-n5c6ccccc6c6cc(-c7ccccc7)ccc65)ccc2B4c2cc(-c4ccccc4)ccc2N3c2ccc(-c3ccc4c(c3)C(C)(C)CCC4(C)C)cc2)cc1. The van der Waals surface area contributed by atoms with Crippen LogP contribution in [0.4, 0.5) is 34.1 Å². The average Bonchev–Trinajstić information content (AvgIpc) is 0.719. The van der Waals surface area contributed by atoms with Gasteiger partial charge >= 0.3 is 0 Å². The van der Waals surface area contributed by atoms with E-state index in [2.05, 4.69) is 351 Å². The summed E-state index contributed by atoms with van der Waals surface area (Å²) in [6.07, 6.45) is 4.74. The van der Waals surface area contributed by atoms with Gasteiger partial charge in [0, 0.05) is 50.6 Å². The van der Waals surface area contributed by atoms with E-state index in [9.17, 15) is 0 Å². The van der Waals surface area contributed by atoms with Gasteiger partial charge in [0.25, 0.3) is 6.71 Å². The topological polar surface area (TPSA) is 11.4 Å². The molecule has 4 heteroatoms. The second-order valence-corrected chi connectivity index (χ2v) is 31.8. The van der Waals surface area contributed by atoms with Crippen molar-refractivity contribution in [1.29, 1.82) is 0 Å². The van der Waals surface area contributed by atoms with Crippen molar-refractivity contribution in [3.63, 3.8) is 0 Å². The molecule has 17 rings (SSSR count). The summed E-state index contributed by atoms with van der Waals surface area (Å²) < 4.78 is 2.51. The maximum Gasteiger partial charge on any atom is 0.252 e. The molecule has 0 saturated heterocycles. The maximum absolute atomic E-state index is 2.62. The molecule has 12 aromatic carbocycles. The minimum absolute atomic E-state index is 0.00158. The first kappa shape index (κ1) is 59.8. The Hall–Kier alpha value is -9.90. The van der Waals surface area contributed by atoms with Gasteiger partial charge in [0.05, 0.1) is 11.0 Å². The van der Waals surface area contributed by atoms with Crippen LogP contribution in [0.15, 0.2) is 261 Å². The highest BCUT2D eigenvalue weighted by Crippen LogP contribution is 2.52. The smallest absolute Gasteiger partial charge is 0.252 e. The summed E-state index contributed by atoms with van der Waals surface area (Å²) in [6, 6.07) is 101. The Balaban J connectivity index is 0.911. The van der Waals surface area contributed by atoms with Crippen LogP contribution < -0.4 is 26.2 Å². The Morgan fingerprint density at radius 3 is 1.26 bits per heavy atom. The number of nitrogens with zero attached hydrogens (tertiary/aromatic N) is 3. The van der Waals surface area contributed by atoms with Gasteiger partial charge in [0.1, 0.15) is 0 Å². The van der Waals surface area contributed by atoms with E-state index < -0.39 is 0 Å². The van der Waals surface area contributed by atoms with E-state index in [1.54, 1.807) is 0 Å². The molecule has 0 unspecified atom stereocenters. The number of fused-ring (bicyclic) bond motifs is 9. The summed E-state index contributed by atoms with van der Waals surface area (Å²) in [5.41, 5.74) is 34.2. The number of aromatic nitrogens is 1. The fourth-order valence-electron chi connectivity index (χ4n) is 17.0. The van der Waals surface area contributed by atoms with Gasteiger partial charge in [-0.1, -0.05) is 264 Å². The van der Waals surface area contributed by atoms with Gasteiger partial charge in [-0.05, 0) is 225 Å². The van der Waals surface area contributed by atoms with Gasteiger partial charge in [-0.2, -0.15) is 0 Å². The first-order chi connectivity index (χ1) is 46.2. The third-order valence-electron chi connectivity index (χ3n) is 22.9. The van der Waals surface area contributed by atoms with Crippen molar-refractivity contribution >= 4 is 79.0 Å². The lowest BCUT2D eigenvalue weighted by Gasteiger charge is -2.44. The Morgan fingerprint density at radius 1 is 0.292 bits per heavy atom. The number of para-hydroxylation sites is 1. The summed E-state index contributed by atoms with van der Waals surface area (Å²) in [7, 11) is 0. The lowest BCUT2D eigenvalue weighted by Crippen LogP contribution is -2.61. The Bertz CT molecular complexity index is 5250. The number of rotatable bonds is 8. The van der Waals surface area contributed by atoms with Crippen LogP contribution in [0.3, 0.4) is 0 Å². The highest BCUT2D eigenvalue weighted by Gasteiger charge is 2.45. The standard InChI is InChI=1S/C92H84BN3/c1-88(2,3)69-36-26-63(27-37-69)68-56-85-87-86(57-68)95(71-40-30-62(31-41-71)66-33-44-76-78(54-66)92(10,11)51-49-90(76,6)7)84-58-72(96-81-25-19-18-24-73(81)74-52-64(34-46-82(74)96)59-20-14-12-15-21-59)42-45-79(84)93(87)80-55-67(60-22-16-13-17-23-60)35-47-83(80)94(85)70-38-28-61(29-39-70)65-32-43-75-77(53-65)91(8,9)50-48-89(75,4)5/h12-47,52-58H,48-51H2,1-11H3. The predicted octanol–water partition coefficient (Wildman–Crippen LogP) is 23.2. The van der Waals surface area contributed by atoms with Crippen molar-refractivity contribution in [2.24, 2.45) is 0 Å². The Labute approximate surface area is 568 Å². The highest BCUT2D eigenvalue weighted by atomic mass is 15.2.